The molecule has 0 radical (unpaired) electrons. The lowest BCUT2D eigenvalue weighted by Crippen LogP contribution is -1.85. The molecule has 43 heavy (non-hydrogen) atoms. The summed E-state index contributed by atoms with van der Waals surface area (Å²) in [7, 11) is 0. The van der Waals surface area contributed by atoms with Crippen LogP contribution in [0.5, 0.6) is 0 Å². The summed E-state index contributed by atoms with van der Waals surface area (Å²) in [4.78, 5) is 0. The highest BCUT2D eigenvalue weighted by molar-refractivity contribution is 6.25. The normalized spacial score (nSPS) is 14.0. The van der Waals surface area contributed by atoms with Crippen LogP contribution in [0.25, 0.3) is 87.6 Å². The van der Waals surface area contributed by atoms with E-state index in [1.165, 1.54) is 32.3 Å². The van der Waals surface area contributed by atoms with Gasteiger partial charge in [0.1, 0.15) is 11.2 Å². The van der Waals surface area contributed by atoms with Gasteiger partial charge in [0.05, 0.1) is 9.60 Å². The van der Waals surface area contributed by atoms with Crippen LogP contribution >= 0.6 is 0 Å². The summed E-state index contributed by atoms with van der Waals surface area (Å²) in [5.41, 5.74) is 4.93. The van der Waals surface area contributed by atoms with Crippen LogP contribution in [0.4, 0.5) is 0 Å². The topological polar surface area (TPSA) is 13.1 Å². The molecule has 0 spiro atoms. The first kappa shape index (κ1) is 18.0. The van der Waals surface area contributed by atoms with Crippen LogP contribution in [0.1, 0.15) is 9.60 Å². The Morgan fingerprint density at radius 2 is 0.860 bits per heavy atom. The van der Waals surface area contributed by atoms with Crippen molar-refractivity contribution in [2.24, 2.45) is 0 Å². The second kappa shape index (κ2) is 9.44. The third-order valence-corrected chi connectivity index (χ3v) is 8.42. The maximum atomic E-state index is 8.81. The van der Waals surface area contributed by atoms with E-state index in [9.17, 15) is 0 Å². The largest absolute Gasteiger partial charge is 0.456 e. The molecule has 200 valence electrons. The Hall–Kier alpha value is -5.66. The van der Waals surface area contributed by atoms with Crippen LogP contribution in [0.15, 0.2) is 162 Å². The Balaban J connectivity index is 1.12. The molecule has 1 heterocycles. The Kier molecular flexibility index (Phi) is 3.95. The number of furan rings is 1. The van der Waals surface area contributed by atoms with Crippen molar-refractivity contribution in [1.82, 2.24) is 0 Å². The lowest BCUT2D eigenvalue weighted by molar-refractivity contribution is 0.669. The highest BCUT2D eigenvalue weighted by Gasteiger charge is 2.13. The molecule has 9 aromatic rings. The van der Waals surface area contributed by atoms with Gasteiger partial charge >= 0.3 is 0 Å². The van der Waals surface area contributed by atoms with Gasteiger partial charge in [-0.3, -0.25) is 0 Å². The summed E-state index contributed by atoms with van der Waals surface area (Å²) in [5.74, 6) is 0. The maximum absolute atomic E-state index is 8.81. The van der Waals surface area contributed by atoms with Crippen LogP contribution < -0.4 is 0 Å². The highest BCUT2D eigenvalue weighted by atomic mass is 16.3. The van der Waals surface area contributed by atoms with Crippen molar-refractivity contribution in [3.63, 3.8) is 0 Å². The van der Waals surface area contributed by atoms with Crippen LogP contribution in [-0.4, -0.2) is 0 Å². The van der Waals surface area contributed by atoms with Gasteiger partial charge in [0.15, 0.2) is 0 Å². The van der Waals surface area contributed by atoms with E-state index in [1.807, 2.05) is 24.3 Å². The van der Waals surface area contributed by atoms with Crippen LogP contribution in [0.2, 0.25) is 0 Å². The van der Waals surface area contributed by atoms with E-state index in [4.69, 9.17) is 14.0 Å². The maximum Gasteiger partial charge on any atom is 0.136 e. The van der Waals surface area contributed by atoms with Crippen LogP contribution in [-0.2, 0) is 0 Å². The fourth-order valence-electron chi connectivity index (χ4n) is 6.35. The Labute approximate surface area is 259 Å². The van der Waals surface area contributed by atoms with Gasteiger partial charge in [0.25, 0.3) is 0 Å². The van der Waals surface area contributed by atoms with Crippen LogP contribution in [0, 0.1) is 0 Å². The van der Waals surface area contributed by atoms with Gasteiger partial charge in [0.2, 0.25) is 0 Å². The Bertz CT molecular complexity index is 2840. The smallest absolute Gasteiger partial charge is 0.136 e. The van der Waals surface area contributed by atoms with Gasteiger partial charge in [-0.1, -0.05) is 139 Å². The van der Waals surface area contributed by atoms with Crippen molar-refractivity contribution < 1.29 is 14.0 Å². The van der Waals surface area contributed by atoms with Crippen molar-refractivity contribution in [1.29, 1.82) is 0 Å². The van der Waals surface area contributed by atoms with Gasteiger partial charge in [0, 0.05) is 10.8 Å². The molecular formula is C42H26O. The molecule has 0 aliphatic rings. The molecule has 0 fully saturated rings. The minimum absolute atomic E-state index is 0.0301. The van der Waals surface area contributed by atoms with Crippen molar-refractivity contribution in [3.8, 4) is 33.4 Å². The molecule has 0 bridgehead atoms. The monoisotopic (exact) mass is 553 g/mol. The molecule has 0 saturated heterocycles. The van der Waals surface area contributed by atoms with E-state index in [-0.39, 0.29) is 52.2 Å². The molecule has 1 nitrogen and oxygen atoms in total. The van der Waals surface area contributed by atoms with Crippen molar-refractivity contribution >= 4 is 54.3 Å². The molecule has 9 rings (SSSR count). The van der Waals surface area contributed by atoms with E-state index in [2.05, 4.69) is 91.0 Å². The standard InChI is InChI=1S/C42H26O/c1-2-10-35-33(8-1)34-9-3-4-11-36(34)39-26-31(24-25-37(35)39)29-18-16-27(17-19-29)28-20-22-30(23-21-28)32-13-7-15-41-42(32)38-12-5-6-14-40(38)43-41/h1-26H/i5D,6D,7D,12D,13D,14D,15D. The summed E-state index contributed by atoms with van der Waals surface area (Å²) in [5, 5.41) is 7.76. The first-order chi connectivity index (χ1) is 24.2. The summed E-state index contributed by atoms with van der Waals surface area (Å²) < 4.78 is 64.8. The molecule has 0 atom stereocenters. The molecule has 0 saturated carbocycles. The second-order valence-corrected chi connectivity index (χ2v) is 10.8. The summed E-state index contributed by atoms with van der Waals surface area (Å²) in [6.07, 6.45) is 0. The Morgan fingerprint density at radius 1 is 0.372 bits per heavy atom. The van der Waals surface area contributed by atoms with Gasteiger partial charge < -0.3 is 4.42 Å². The lowest BCUT2D eigenvalue weighted by Gasteiger charge is -2.12. The van der Waals surface area contributed by atoms with E-state index in [1.54, 1.807) is 0 Å². The molecular weight excluding hydrogens is 520 g/mol. The minimum Gasteiger partial charge on any atom is -0.456 e. The second-order valence-electron chi connectivity index (χ2n) is 10.8. The van der Waals surface area contributed by atoms with Gasteiger partial charge in [-0.25, -0.2) is 0 Å². The van der Waals surface area contributed by atoms with Crippen molar-refractivity contribution in [3.05, 3.63) is 158 Å². The molecule has 0 amide bonds. The first-order valence-electron chi connectivity index (χ1n) is 17.7. The molecule has 0 aliphatic carbocycles. The average Bonchev–Trinajstić information content (AvgIpc) is 3.56. The van der Waals surface area contributed by atoms with Gasteiger partial charge in [-0.2, -0.15) is 0 Å². The molecule has 0 unspecified atom stereocenters. The number of rotatable bonds is 3. The number of hydrogen-bond acceptors (Lipinski definition) is 1. The van der Waals surface area contributed by atoms with Gasteiger partial charge in [-0.05, 0) is 83.8 Å². The molecule has 8 aromatic carbocycles. The fourth-order valence-corrected chi connectivity index (χ4v) is 6.35. The average molecular weight is 554 g/mol. The zero-order chi connectivity index (χ0) is 34.4. The van der Waals surface area contributed by atoms with Crippen molar-refractivity contribution in [2.75, 3.05) is 0 Å². The summed E-state index contributed by atoms with van der Waals surface area (Å²) in [6, 6.07) is 37.3. The number of fused-ring (bicyclic) bond motifs is 9. The van der Waals surface area contributed by atoms with E-state index in [0.29, 0.717) is 11.1 Å². The number of para-hydroxylation sites is 1. The zero-order valence-electron chi connectivity index (χ0n) is 29.9. The minimum atomic E-state index is -0.440. The van der Waals surface area contributed by atoms with E-state index in [0.717, 1.165) is 22.3 Å². The molecule has 0 N–H and O–H groups in total. The Morgan fingerprint density at radius 3 is 1.51 bits per heavy atom. The quantitative estimate of drug-likeness (QED) is 0.198. The third kappa shape index (κ3) is 3.79. The summed E-state index contributed by atoms with van der Waals surface area (Å²) >= 11 is 0. The summed E-state index contributed by atoms with van der Waals surface area (Å²) in [6.45, 7) is 0. The predicted octanol–water partition coefficient (Wildman–Crippen LogP) is 12.0. The van der Waals surface area contributed by atoms with Crippen LogP contribution in [0.3, 0.4) is 0 Å². The first-order valence-corrected chi connectivity index (χ1v) is 14.2. The van der Waals surface area contributed by atoms with Gasteiger partial charge in [-0.15, -0.1) is 0 Å². The predicted molar refractivity (Wildman–Crippen MR) is 183 cm³/mol. The van der Waals surface area contributed by atoms with E-state index >= 15 is 0 Å². The molecule has 0 aliphatic heterocycles. The molecule has 1 aromatic heterocycles. The SMILES string of the molecule is [2H]c1c([2H])c([2H])c2c(oc3c([2H])c([2H])c([2H])c(-c4ccc(-c5ccc(-c6ccc7c8ccccc8c8ccccc8c7c6)cc5)cc4)c32)c1[2H]. The third-order valence-electron chi connectivity index (χ3n) is 8.42. The van der Waals surface area contributed by atoms with Crippen molar-refractivity contribution in [2.45, 2.75) is 0 Å². The number of hydrogen-bond donors (Lipinski definition) is 0. The van der Waals surface area contributed by atoms with E-state index < -0.39 is 12.1 Å². The zero-order valence-corrected chi connectivity index (χ0v) is 22.9. The molecule has 1 heteroatoms. The number of benzene rings is 8. The highest BCUT2D eigenvalue weighted by Crippen LogP contribution is 2.39. The lowest BCUT2D eigenvalue weighted by atomic mass is 9.91. The fraction of sp³-hybridized carbons (Fsp3) is 0.